The molecule has 0 radical (unpaired) electrons. The van der Waals surface area contributed by atoms with Gasteiger partial charge in [0.15, 0.2) is 0 Å². The first-order chi connectivity index (χ1) is 15.5. The number of nitrogens with zero attached hydrogens (tertiary/aromatic N) is 2. The molecule has 2 aromatic carbocycles. The Morgan fingerprint density at radius 2 is 1.84 bits per heavy atom. The molecule has 5 rings (SSSR count). The van der Waals surface area contributed by atoms with Crippen LogP contribution in [0.3, 0.4) is 0 Å². The lowest BCUT2D eigenvalue weighted by Gasteiger charge is -2.44. The van der Waals surface area contributed by atoms with Crippen molar-refractivity contribution in [3.63, 3.8) is 0 Å². The van der Waals surface area contributed by atoms with Crippen LogP contribution in [-0.4, -0.2) is 26.8 Å². The molecule has 0 fully saturated rings. The smallest absolute Gasteiger partial charge is 0.271 e. The van der Waals surface area contributed by atoms with Crippen molar-refractivity contribution in [3.05, 3.63) is 94.0 Å². The van der Waals surface area contributed by atoms with Gasteiger partial charge < -0.3 is 14.8 Å². The van der Waals surface area contributed by atoms with E-state index in [1.165, 1.54) is 0 Å². The van der Waals surface area contributed by atoms with Crippen molar-refractivity contribution in [2.45, 2.75) is 32.1 Å². The van der Waals surface area contributed by atoms with E-state index >= 15 is 0 Å². The topological polar surface area (TPSA) is 54.3 Å². The number of fused-ring (bicyclic) bond motifs is 3. The summed E-state index contributed by atoms with van der Waals surface area (Å²) in [4.78, 5) is 29.9. The first-order valence-electron chi connectivity index (χ1n) is 10.4. The third-order valence-electron chi connectivity index (χ3n) is 6.07. The van der Waals surface area contributed by atoms with E-state index in [1.807, 2.05) is 71.5 Å². The van der Waals surface area contributed by atoms with Gasteiger partial charge in [0, 0.05) is 23.5 Å². The number of carbonyl (C=O) groups excluding carboxylic acids is 2. The third kappa shape index (κ3) is 3.59. The van der Waals surface area contributed by atoms with Crippen LogP contribution in [0.25, 0.3) is 10.2 Å². The van der Waals surface area contributed by atoms with Crippen molar-refractivity contribution in [2.75, 3.05) is 0 Å². The van der Waals surface area contributed by atoms with Gasteiger partial charge in [0.1, 0.15) is 16.1 Å². The highest BCUT2D eigenvalue weighted by molar-refractivity contribution is 7.16. The molecule has 1 aliphatic heterocycles. The zero-order valence-corrected chi connectivity index (χ0v) is 19.1. The number of nitrogens with one attached hydrogen (secondary N) is 1. The molecule has 0 bridgehead atoms. The van der Waals surface area contributed by atoms with Gasteiger partial charge in [0.2, 0.25) is 5.91 Å². The summed E-state index contributed by atoms with van der Waals surface area (Å²) in [5.74, 6) is -0.312. The molecule has 32 heavy (non-hydrogen) atoms. The van der Waals surface area contributed by atoms with Gasteiger partial charge in [-0.05, 0) is 47.7 Å². The van der Waals surface area contributed by atoms with Gasteiger partial charge in [-0.3, -0.25) is 9.59 Å². The van der Waals surface area contributed by atoms with E-state index in [0.29, 0.717) is 30.4 Å². The molecule has 1 atom stereocenters. The van der Waals surface area contributed by atoms with E-state index in [-0.39, 0.29) is 11.8 Å². The second kappa shape index (κ2) is 8.11. The van der Waals surface area contributed by atoms with Gasteiger partial charge in [0.25, 0.3) is 5.91 Å². The molecule has 0 unspecified atom stereocenters. The first kappa shape index (κ1) is 20.8. The zero-order valence-electron chi connectivity index (χ0n) is 17.5. The van der Waals surface area contributed by atoms with E-state index in [2.05, 4.69) is 5.32 Å². The largest absolute Gasteiger partial charge is 0.350 e. The second-order valence-electron chi connectivity index (χ2n) is 8.26. The van der Waals surface area contributed by atoms with Gasteiger partial charge in [-0.2, -0.15) is 0 Å². The quantitative estimate of drug-likeness (QED) is 0.448. The van der Waals surface area contributed by atoms with Gasteiger partial charge in [-0.1, -0.05) is 54.1 Å². The Hall–Kier alpha value is -3.09. The molecule has 1 aliphatic rings. The minimum Gasteiger partial charge on any atom is -0.350 e. The summed E-state index contributed by atoms with van der Waals surface area (Å²) < 4.78 is 1.99. The van der Waals surface area contributed by atoms with E-state index in [9.17, 15) is 9.59 Å². The highest BCUT2D eigenvalue weighted by Crippen LogP contribution is 2.35. The number of amides is 2. The normalized spacial score (nSPS) is 18.1. The molecule has 7 heteroatoms. The second-order valence-corrected chi connectivity index (χ2v) is 9.59. The predicted molar refractivity (Wildman–Crippen MR) is 128 cm³/mol. The molecular weight excluding hydrogens is 442 g/mol. The van der Waals surface area contributed by atoms with Crippen molar-refractivity contribution >= 4 is 45.0 Å². The predicted octanol–water partition coefficient (Wildman–Crippen LogP) is 5.09. The lowest BCUT2D eigenvalue weighted by atomic mass is 9.93. The number of aromatic nitrogens is 1. The number of carbonyl (C=O) groups is 2. The molecule has 3 heterocycles. The number of halogens is 1. The van der Waals surface area contributed by atoms with Crippen molar-refractivity contribution in [3.8, 4) is 0 Å². The average molecular weight is 464 g/mol. The van der Waals surface area contributed by atoms with Crippen LogP contribution in [0.4, 0.5) is 0 Å². The minimum atomic E-state index is -1.04. The third-order valence-corrected chi connectivity index (χ3v) is 7.27. The molecule has 0 spiro atoms. The Kier molecular flexibility index (Phi) is 5.27. The summed E-state index contributed by atoms with van der Waals surface area (Å²) >= 11 is 7.56. The highest BCUT2D eigenvalue weighted by atomic mass is 35.5. The summed E-state index contributed by atoms with van der Waals surface area (Å²) in [7, 11) is 0. The Balaban J connectivity index is 1.49. The minimum absolute atomic E-state index is 0.132. The lowest BCUT2D eigenvalue weighted by molar-refractivity contribution is -0.133. The Bertz CT molecular complexity index is 1300. The van der Waals surface area contributed by atoms with Crippen LogP contribution in [0, 0.1) is 0 Å². The summed E-state index contributed by atoms with van der Waals surface area (Å²) in [6, 6.07) is 21.1. The number of rotatable bonds is 5. The average Bonchev–Trinajstić information content (AvgIpc) is 3.39. The van der Waals surface area contributed by atoms with Crippen LogP contribution in [0.15, 0.2) is 72.1 Å². The fraction of sp³-hybridized carbons (Fsp3) is 0.200. The Labute approximate surface area is 195 Å². The maximum Gasteiger partial charge on any atom is 0.271 e. The molecule has 162 valence electrons. The zero-order chi connectivity index (χ0) is 22.3. The fourth-order valence-electron chi connectivity index (χ4n) is 4.25. The molecule has 0 aliphatic carbocycles. The van der Waals surface area contributed by atoms with E-state index < -0.39 is 5.54 Å². The van der Waals surface area contributed by atoms with Crippen molar-refractivity contribution in [1.29, 1.82) is 0 Å². The van der Waals surface area contributed by atoms with E-state index in [1.54, 1.807) is 28.4 Å². The van der Waals surface area contributed by atoms with Crippen molar-refractivity contribution in [2.24, 2.45) is 0 Å². The fourth-order valence-corrected chi connectivity index (χ4v) is 5.27. The van der Waals surface area contributed by atoms with E-state index in [4.69, 9.17) is 11.6 Å². The molecule has 5 nitrogen and oxygen atoms in total. The SMILES string of the molecule is C[C@@]1(C(=O)NCc2ccc(Cl)cc2)Cn2c(cc3ccsc32)C(=O)N1Cc1ccccc1. The molecular formula is C25H22ClN3O2S. The molecule has 0 saturated heterocycles. The number of benzene rings is 2. The number of hydrogen-bond acceptors (Lipinski definition) is 3. The molecule has 0 saturated carbocycles. The summed E-state index contributed by atoms with van der Waals surface area (Å²) in [5, 5.41) is 6.74. The maximum atomic E-state index is 13.6. The lowest BCUT2D eigenvalue weighted by Crippen LogP contribution is -2.63. The molecule has 4 aromatic rings. The van der Waals surface area contributed by atoms with Gasteiger partial charge in [-0.25, -0.2) is 0 Å². The molecule has 1 N–H and O–H groups in total. The Morgan fingerprint density at radius 3 is 2.59 bits per heavy atom. The highest BCUT2D eigenvalue weighted by Gasteiger charge is 2.47. The van der Waals surface area contributed by atoms with Crippen molar-refractivity contribution in [1.82, 2.24) is 14.8 Å². The van der Waals surface area contributed by atoms with Crippen LogP contribution in [0.5, 0.6) is 0 Å². The van der Waals surface area contributed by atoms with Crippen LogP contribution in [-0.2, 0) is 24.4 Å². The Morgan fingerprint density at radius 1 is 1.09 bits per heavy atom. The van der Waals surface area contributed by atoms with Gasteiger partial charge in [0.05, 0.1) is 6.54 Å². The monoisotopic (exact) mass is 463 g/mol. The van der Waals surface area contributed by atoms with E-state index in [0.717, 1.165) is 21.3 Å². The summed E-state index contributed by atoms with van der Waals surface area (Å²) in [6.45, 7) is 2.99. The molecule has 2 amide bonds. The van der Waals surface area contributed by atoms with Crippen molar-refractivity contribution < 1.29 is 9.59 Å². The van der Waals surface area contributed by atoms with Crippen LogP contribution >= 0.6 is 22.9 Å². The van der Waals surface area contributed by atoms with Gasteiger partial charge >= 0.3 is 0 Å². The number of hydrogen-bond donors (Lipinski definition) is 1. The number of thiophene rings is 1. The summed E-state index contributed by atoms with van der Waals surface area (Å²) in [6.07, 6.45) is 0. The summed E-state index contributed by atoms with van der Waals surface area (Å²) in [5.41, 5.74) is 1.53. The maximum absolute atomic E-state index is 13.6. The molecule has 2 aromatic heterocycles. The first-order valence-corrected chi connectivity index (χ1v) is 11.7. The van der Waals surface area contributed by atoms with Crippen LogP contribution in [0.1, 0.15) is 28.5 Å². The standard InChI is InChI=1S/C25H22ClN3O2S/c1-25(24(31)27-14-17-7-9-20(26)10-8-17)16-28-21(13-19-11-12-32-23(19)28)22(30)29(25)15-18-5-3-2-4-6-18/h2-13H,14-16H2,1H3,(H,27,31)/t25-/m0/s1. The van der Waals surface area contributed by atoms with Gasteiger partial charge in [-0.15, -0.1) is 11.3 Å². The van der Waals surface area contributed by atoms with Crippen LogP contribution in [0.2, 0.25) is 5.02 Å². The van der Waals surface area contributed by atoms with Crippen LogP contribution < -0.4 is 5.32 Å².